The number of nitrogens with two attached hydrogens (primary N) is 1. The number of amides is 1. The number of nitrogens with zero attached hydrogens (tertiary/aromatic N) is 2. The molecule has 2 unspecified atom stereocenters. The predicted octanol–water partition coefficient (Wildman–Crippen LogP) is 2.10. The predicted molar refractivity (Wildman–Crippen MR) is 85.3 cm³/mol. The molecule has 0 aliphatic heterocycles. The zero-order valence-corrected chi connectivity index (χ0v) is 13.2. The summed E-state index contributed by atoms with van der Waals surface area (Å²) in [7, 11) is 4.28. The highest BCUT2D eigenvalue weighted by molar-refractivity contribution is 5.98. The third kappa shape index (κ3) is 3.53. The van der Waals surface area contributed by atoms with Crippen LogP contribution in [-0.2, 0) is 0 Å². The van der Waals surface area contributed by atoms with Gasteiger partial charge in [-0.25, -0.2) is 0 Å². The Kier molecular flexibility index (Phi) is 4.83. The van der Waals surface area contributed by atoms with Gasteiger partial charge in [0.05, 0.1) is 11.3 Å². The van der Waals surface area contributed by atoms with E-state index >= 15 is 0 Å². The molecular weight excluding hydrogens is 264 g/mol. The molecule has 1 aliphatic carbocycles. The van der Waals surface area contributed by atoms with Crippen molar-refractivity contribution in [1.82, 2.24) is 9.88 Å². The average molecular weight is 290 g/mol. The van der Waals surface area contributed by atoms with Gasteiger partial charge < -0.3 is 16.0 Å². The third-order valence-electron chi connectivity index (χ3n) is 4.71. The van der Waals surface area contributed by atoms with Crippen molar-refractivity contribution in [3.63, 3.8) is 0 Å². The first-order valence-corrected chi connectivity index (χ1v) is 7.60. The van der Waals surface area contributed by atoms with Gasteiger partial charge in [-0.05, 0) is 38.9 Å². The molecule has 1 aromatic rings. The fourth-order valence-corrected chi connectivity index (χ4v) is 3.36. The van der Waals surface area contributed by atoms with Crippen LogP contribution in [0.2, 0.25) is 0 Å². The Morgan fingerprint density at radius 1 is 1.57 bits per heavy atom. The zero-order valence-electron chi connectivity index (χ0n) is 13.2. The minimum atomic E-state index is -0.443. The van der Waals surface area contributed by atoms with Crippen molar-refractivity contribution in [2.75, 3.05) is 26.0 Å². The number of carbonyl (C=O) groups is 1. The minimum Gasteiger partial charge on any atom is -0.382 e. The first-order chi connectivity index (χ1) is 9.94. The van der Waals surface area contributed by atoms with E-state index in [2.05, 4.69) is 36.2 Å². The lowest BCUT2D eigenvalue weighted by Crippen LogP contribution is -2.52. The molecule has 1 aromatic heterocycles. The minimum absolute atomic E-state index is 0.135. The number of carbonyl (C=O) groups excluding carboxylic acids is 1. The number of hydrogen-bond acceptors (Lipinski definition) is 4. The normalized spacial score (nSPS) is 25.8. The highest BCUT2D eigenvalue weighted by atomic mass is 16.1. The molecule has 1 fully saturated rings. The Balaban J connectivity index is 2.14. The van der Waals surface area contributed by atoms with Crippen molar-refractivity contribution < 1.29 is 4.79 Å². The number of likely N-dealkylation sites (N-methyl/N-ethyl adjacent to an activating group) is 1. The van der Waals surface area contributed by atoms with E-state index in [0.29, 0.717) is 5.56 Å². The molecule has 2 rings (SSSR count). The van der Waals surface area contributed by atoms with E-state index < -0.39 is 5.91 Å². The molecule has 0 spiro atoms. The van der Waals surface area contributed by atoms with E-state index in [4.69, 9.17) is 5.73 Å². The van der Waals surface area contributed by atoms with Gasteiger partial charge in [0.25, 0.3) is 5.91 Å². The number of rotatable bonds is 5. The van der Waals surface area contributed by atoms with Gasteiger partial charge in [-0.1, -0.05) is 19.8 Å². The van der Waals surface area contributed by atoms with Crippen LogP contribution in [-0.4, -0.2) is 42.0 Å². The smallest absolute Gasteiger partial charge is 0.252 e. The molecule has 1 saturated carbocycles. The third-order valence-corrected chi connectivity index (χ3v) is 4.71. The number of aromatic nitrogens is 1. The Morgan fingerprint density at radius 2 is 2.33 bits per heavy atom. The second-order valence-electron chi connectivity index (χ2n) is 6.46. The molecule has 0 saturated heterocycles. The van der Waals surface area contributed by atoms with Crippen molar-refractivity contribution in [3.05, 3.63) is 24.0 Å². The van der Waals surface area contributed by atoms with Crippen molar-refractivity contribution in [1.29, 1.82) is 0 Å². The molecule has 2 atom stereocenters. The van der Waals surface area contributed by atoms with Crippen LogP contribution in [0.25, 0.3) is 0 Å². The Hall–Kier alpha value is -1.62. The molecule has 0 radical (unpaired) electrons. The van der Waals surface area contributed by atoms with E-state index in [1.807, 2.05) is 6.07 Å². The Labute approximate surface area is 126 Å². The van der Waals surface area contributed by atoms with Gasteiger partial charge >= 0.3 is 0 Å². The van der Waals surface area contributed by atoms with Crippen LogP contribution in [0.4, 0.5) is 5.69 Å². The van der Waals surface area contributed by atoms with Gasteiger partial charge in [-0.15, -0.1) is 0 Å². The molecule has 1 amide bonds. The van der Waals surface area contributed by atoms with E-state index in [9.17, 15) is 4.79 Å². The Bertz CT molecular complexity index is 503. The first-order valence-electron chi connectivity index (χ1n) is 7.60. The molecule has 5 heteroatoms. The SMILES string of the molecule is CC1CCCC(CNc2ccncc2C(N)=O)(N(C)C)C1. The fraction of sp³-hybridized carbons (Fsp3) is 0.625. The van der Waals surface area contributed by atoms with Crippen LogP contribution in [0.1, 0.15) is 43.0 Å². The molecule has 21 heavy (non-hydrogen) atoms. The topological polar surface area (TPSA) is 71.2 Å². The van der Waals surface area contributed by atoms with Crippen LogP contribution in [0.3, 0.4) is 0 Å². The maximum Gasteiger partial charge on any atom is 0.252 e. The molecule has 5 nitrogen and oxygen atoms in total. The summed E-state index contributed by atoms with van der Waals surface area (Å²) in [5, 5.41) is 3.42. The van der Waals surface area contributed by atoms with Gasteiger partial charge in [0.2, 0.25) is 0 Å². The second kappa shape index (κ2) is 6.43. The molecule has 1 heterocycles. The Morgan fingerprint density at radius 3 is 2.95 bits per heavy atom. The van der Waals surface area contributed by atoms with Crippen LogP contribution in [0.15, 0.2) is 18.5 Å². The van der Waals surface area contributed by atoms with Gasteiger partial charge in [0, 0.05) is 24.5 Å². The highest BCUT2D eigenvalue weighted by Gasteiger charge is 2.36. The van der Waals surface area contributed by atoms with Crippen molar-refractivity contribution in [3.8, 4) is 0 Å². The zero-order chi connectivity index (χ0) is 15.5. The molecular formula is C16H26N4O. The maximum atomic E-state index is 11.5. The maximum absolute atomic E-state index is 11.5. The second-order valence-corrected chi connectivity index (χ2v) is 6.46. The van der Waals surface area contributed by atoms with E-state index in [0.717, 1.165) is 18.2 Å². The fourth-order valence-electron chi connectivity index (χ4n) is 3.36. The monoisotopic (exact) mass is 290 g/mol. The lowest BCUT2D eigenvalue weighted by atomic mass is 9.75. The standard InChI is InChI=1S/C16H26N4O/c1-12-5-4-7-16(9-12,20(2)3)11-19-14-6-8-18-10-13(14)15(17)21/h6,8,10,12H,4-5,7,9,11H2,1-3H3,(H2,17,21)(H,18,19). The summed E-state index contributed by atoms with van der Waals surface area (Å²) in [6.07, 6.45) is 8.10. The van der Waals surface area contributed by atoms with E-state index in [-0.39, 0.29) is 5.54 Å². The van der Waals surface area contributed by atoms with Gasteiger partial charge in [-0.2, -0.15) is 0 Å². The summed E-state index contributed by atoms with van der Waals surface area (Å²) >= 11 is 0. The van der Waals surface area contributed by atoms with Gasteiger partial charge in [-0.3, -0.25) is 9.78 Å². The van der Waals surface area contributed by atoms with Crippen molar-refractivity contribution in [2.45, 2.75) is 38.1 Å². The van der Waals surface area contributed by atoms with Crippen LogP contribution in [0.5, 0.6) is 0 Å². The number of pyridine rings is 1. The number of nitrogens with one attached hydrogen (secondary N) is 1. The summed E-state index contributed by atoms with van der Waals surface area (Å²) in [5.74, 6) is 0.289. The summed E-state index contributed by atoms with van der Waals surface area (Å²) in [6.45, 7) is 3.13. The van der Waals surface area contributed by atoms with Crippen molar-refractivity contribution in [2.24, 2.45) is 11.7 Å². The van der Waals surface area contributed by atoms with E-state index in [1.54, 1.807) is 6.20 Å². The molecule has 0 aromatic carbocycles. The molecule has 116 valence electrons. The van der Waals surface area contributed by atoms with Crippen LogP contribution < -0.4 is 11.1 Å². The highest BCUT2D eigenvalue weighted by Crippen LogP contribution is 2.36. The van der Waals surface area contributed by atoms with E-state index in [1.165, 1.54) is 31.9 Å². The van der Waals surface area contributed by atoms with Crippen LogP contribution >= 0.6 is 0 Å². The largest absolute Gasteiger partial charge is 0.382 e. The molecule has 0 bridgehead atoms. The first kappa shape index (κ1) is 15.8. The molecule has 3 N–H and O–H groups in total. The average Bonchev–Trinajstić information content (AvgIpc) is 2.45. The number of primary amides is 1. The lowest BCUT2D eigenvalue weighted by Gasteiger charge is -2.45. The van der Waals surface area contributed by atoms with Crippen molar-refractivity contribution >= 4 is 11.6 Å². The lowest BCUT2D eigenvalue weighted by molar-refractivity contribution is 0.0881. The summed E-state index contributed by atoms with van der Waals surface area (Å²) < 4.78 is 0. The summed E-state index contributed by atoms with van der Waals surface area (Å²) in [4.78, 5) is 17.8. The number of hydrogen-bond donors (Lipinski definition) is 2. The summed E-state index contributed by atoms with van der Waals surface area (Å²) in [5.41, 5.74) is 6.77. The molecule has 1 aliphatic rings. The number of anilines is 1. The quantitative estimate of drug-likeness (QED) is 0.871. The van der Waals surface area contributed by atoms with Crippen LogP contribution in [0, 0.1) is 5.92 Å². The van der Waals surface area contributed by atoms with Gasteiger partial charge in [0.1, 0.15) is 0 Å². The van der Waals surface area contributed by atoms with Gasteiger partial charge in [0.15, 0.2) is 0 Å². The summed E-state index contributed by atoms with van der Waals surface area (Å²) in [6, 6.07) is 1.82.